The third kappa shape index (κ3) is 2.07. The first-order chi connectivity index (χ1) is 9.58. The van der Waals surface area contributed by atoms with E-state index in [1.807, 2.05) is 32.0 Å². The second kappa shape index (κ2) is 4.71. The number of hydrogen-bond acceptors (Lipinski definition) is 3. The highest BCUT2D eigenvalue weighted by atomic mass is 16.3. The maximum absolute atomic E-state index is 11.8. The van der Waals surface area contributed by atoms with Crippen LogP contribution in [0.5, 0.6) is 5.75 Å². The summed E-state index contributed by atoms with van der Waals surface area (Å²) >= 11 is 0. The third-order valence-corrected chi connectivity index (χ3v) is 3.78. The minimum Gasteiger partial charge on any atom is -0.508 e. The molecule has 1 amide bonds. The summed E-state index contributed by atoms with van der Waals surface area (Å²) in [5, 5.41) is 12.6. The first-order valence-electron chi connectivity index (χ1n) is 6.80. The van der Waals surface area contributed by atoms with E-state index < -0.39 is 0 Å². The number of hydrogen-bond donors (Lipinski definition) is 2. The van der Waals surface area contributed by atoms with Gasteiger partial charge in [0.2, 0.25) is 5.91 Å². The number of nitrogens with one attached hydrogen (secondary N) is 1. The van der Waals surface area contributed by atoms with Crippen molar-refractivity contribution in [1.82, 2.24) is 0 Å². The van der Waals surface area contributed by atoms with E-state index in [2.05, 4.69) is 5.32 Å². The minimum atomic E-state index is -0.0849. The summed E-state index contributed by atoms with van der Waals surface area (Å²) in [5.41, 5.74) is 2.47. The monoisotopic (exact) mass is 271 g/mol. The van der Waals surface area contributed by atoms with Crippen molar-refractivity contribution in [1.29, 1.82) is 0 Å². The van der Waals surface area contributed by atoms with Gasteiger partial charge in [-0.05, 0) is 36.2 Å². The van der Waals surface area contributed by atoms with Crippen molar-refractivity contribution in [3.8, 4) is 5.75 Å². The van der Waals surface area contributed by atoms with Gasteiger partial charge in [0.15, 0.2) is 0 Å². The summed E-state index contributed by atoms with van der Waals surface area (Å²) in [4.78, 5) is 11.8. The van der Waals surface area contributed by atoms with Gasteiger partial charge in [-0.15, -0.1) is 0 Å². The van der Waals surface area contributed by atoms with E-state index in [4.69, 9.17) is 4.42 Å². The molecule has 3 rings (SSSR count). The van der Waals surface area contributed by atoms with Crippen LogP contribution in [-0.2, 0) is 11.2 Å². The number of aromatic hydroxyl groups is 1. The smallest absolute Gasteiger partial charge is 0.225 e. The number of rotatable bonds is 2. The molecule has 0 unspecified atom stereocenters. The fourth-order valence-electron chi connectivity index (χ4n) is 2.64. The number of furan rings is 1. The van der Waals surface area contributed by atoms with Gasteiger partial charge in [-0.1, -0.05) is 6.92 Å². The molecule has 1 aliphatic heterocycles. The van der Waals surface area contributed by atoms with Gasteiger partial charge >= 0.3 is 0 Å². The molecule has 0 saturated carbocycles. The Hall–Kier alpha value is -2.23. The van der Waals surface area contributed by atoms with Gasteiger partial charge in [0.05, 0.1) is 5.92 Å². The SMILES string of the molecule is CCc1ccc([C@@H]2CC(=O)Nc3cc(O)c(C)cc32)o1. The predicted molar refractivity (Wildman–Crippen MR) is 76.0 cm³/mol. The first-order valence-corrected chi connectivity index (χ1v) is 6.80. The van der Waals surface area contributed by atoms with Crippen LogP contribution in [0.3, 0.4) is 0 Å². The van der Waals surface area contributed by atoms with Gasteiger partial charge in [-0.25, -0.2) is 0 Å². The minimum absolute atomic E-state index is 0.0554. The van der Waals surface area contributed by atoms with E-state index in [-0.39, 0.29) is 17.6 Å². The van der Waals surface area contributed by atoms with Crippen LogP contribution in [-0.4, -0.2) is 11.0 Å². The molecule has 4 heteroatoms. The highest BCUT2D eigenvalue weighted by Crippen LogP contribution is 2.40. The summed E-state index contributed by atoms with van der Waals surface area (Å²) < 4.78 is 5.81. The summed E-state index contributed by atoms with van der Waals surface area (Å²) in [6.07, 6.45) is 1.20. The Morgan fingerprint density at radius 3 is 2.90 bits per heavy atom. The standard InChI is InChI=1S/C16H17NO3/c1-3-10-4-5-15(20-10)12-7-16(19)17-13-8-14(18)9(2)6-11(12)13/h4-6,8,12,18H,3,7H2,1-2H3,(H,17,19)/t12-/m1/s1. The normalized spacial score (nSPS) is 17.7. The molecule has 0 radical (unpaired) electrons. The molecular formula is C16H17NO3. The molecule has 1 atom stereocenters. The molecule has 20 heavy (non-hydrogen) atoms. The van der Waals surface area contributed by atoms with Gasteiger partial charge in [-0.3, -0.25) is 4.79 Å². The fraction of sp³-hybridized carbons (Fsp3) is 0.312. The number of carbonyl (C=O) groups is 1. The number of aryl methyl sites for hydroxylation is 2. The Morgan fingerprint density at radius 2 is 2.20 bits per heavy atom. The molecule has 1 aliphatic rings. The Balaban J connectivity index is 2.09. The number of phenols is 1. The molecule has 0 saturated heterocycles. The number of phenolic OH excluding ortho intramolecular Hbond substituents is 1. The van der Waals surface area contributed by atoms with E-state index in [1.165, 1.54) is 0 Å². The van der Waals surface area contributed by atoms with E-state index in [0.717, 1.165) is 29.1 Å². The largest absolute Gasteiger partial charge is 0.508 e. The summed E-state index contributed by atoms with van der Waals surface area (Å²) in [6, 6.07) is 7.42. The number of carbonyl (C=O) groups excluding carboxylic acids is 1. The average Bonchev–Trinajstić information content (AvgIpc) is 2.88. The zero-order valence-electron chi connectivity index (χ0n) is 11.6. The van der Waals surface area contributed by atoms with Gasteiger partial charge in [0.25, 0.3) is 0 Å². The maximum atomic E-state index is 11.8. The highest BCUT2D eigenvalue weighted by molar-refractivity contribution is 5.95. The lowest BCUT2D eigenvalue weighted by atomic mass is 9.87. The number of fused-ring (bicyclic) bond motifs is 1. The quantitative estimate of drug-likeness (QED) is 0.880. The summed E-state index contributed by atoms with van der Waals surface area (Å²) in [5.74, 6) is 1.78. The molecule has 104 valence electrons. The molecule has 2 N–H and O–H groups in total. The van der Waals surface area contributed by atoms with Crippen molar-refractivity contribution in [2.45, 2.75) is 32.6 Å². The molecule has 1 aromatic heterocycles. The van der Waals surface area contributed by atoms with Gasteiger partial charge in [-0.2, -0.15) is 0 Å². The zero-order valence-corrected chi connectivity index (χ0v) is 11.6. The summed E-state index contributed by atoms with van der Waals surface area (Å²) in [7, 11) is 0. The number of benzene rings is 1. The van der Waals surface area contributed by atoms with Crippen LogP contribution in [0.4, 0.5) is 5.69 Å². The van der Waals surface area contributed by atoms with E-state index in [0.29, 0.717) is 12.1 Å². The number of amides is 1. The van der Waals surface area contributed by atoms with Crippen LogP contribution >= 0.6 is 0 Å². The van der Waals surface area contributed by atoms with Gasteiger partial charge in [0, 0.05) is 24.6 Å². The molecule has 0 spiro atoms. The first kappa shape index (κ1) is 12.8. The Labute approximate surface area is 117 Å². The van der Waals surface area contributed by atoms with Crippen LogP contribution in [0, 0.1) is 6.92 Å². The highest BCUT2D eigenvalue weighted by Gasteiger charge is 2.29. The van der Waals surface area contributed by atoms with Crippen LogP contribution < -0.4 is 5.32 Å². The van der Waals surface area contributed by atoms with Crippen LogP contribution in [0.25, 0.3) is 0 Å². The molecule has 2 aromatic rings. The van der Waals surface area contributed by atoms with Crippen molar-refractivity contribution < 1.29 is 14.3 Å². The Bertz CT molecular complexity index is 672. The molecule has 4 nitrogen and oxygen atoms in total. The van der Waals surface area contributed by atoms with Crippen molar-refractivity contribution in [2.75, 3.05) is 5.32 Å². The number of anilines is 1. The van der Waals surface area contributed by atoms with Crippen LogP contribution in [0.15, 0.2) is 28.7 Å². The van der Waals surface area contributed by atoms with E-state index in [9.17, 15) is 9.90 Å². The van der Waals surface area contributed by atoms with Crippen molar-refractivity contribution in [3.63, 3.8) is 0 Å². The molecule has 0 bridgehead atoms. The maximum Gasteiger partial charge on any atom is 0.225 e. The summed E-state index contributed by atoms with van der Waals surface area (Å²) in [6.45, 7) is 3.88. The van der Waals surface area contributed by atoms with Crippen LogP contribution in [0.2, 0.25) is 0 Å². The third-order valence-electron chi connectivity index (χ3n) is 3.78. The lowest BCUT2D eigenvalue weighted by Crippen LogP contribution is -2.23. The van der Waals surface area contributed by atoms with Crippen LogP contribution in [0.1, 0.15) is 41.9 Å². The Kier molecular flexibility index (Phi) is 3.01. The Morgan fingerprint density at radius 1 is 1.40 bits per heavy atom. The van der Waals surface area contributed by atoms with Gasteiger partial charge in [0.1, 0.15) is 17.3 Å². The fourth-order valence-corrected chi connectivity index (χ4v) is 2.64. The second-order valence-electron chi connectivity index (χ2n) is 5.19. The molecule has 0 fully saturated rings. The molecule has 2 heterocycles. The molecule has 0 aliphatic carbocycles. The van der Waals surface area contributed by atoms with Gasteiger partial charge < -0.3 is 14.8 Å². The average molecular weight is 271 g/mol. The van der Waals surface area contributed by atoms with E-state index in [1.54, 1.807) is 6.07 Å². The molecule has 1 aromatic carbocycles. The zero-order chi connectivity index (χ0) is 14.3. The van der Waals surface area contributed by atoms with Crippen molar-refractivity contribution in [3.05, 3.63) is 46.9 Å². The topological polar surface area (TPSA) is 62.5 Å². The molecular weight excluding hydrogens is 254 g/mol. The lowest BCUT2D eigenvalue weighted by Gasteiger charge is -2.25. The second-order valence-corrected chi connectivity index (χ2v) is 5.19. The predicted octanol–water partition coefficient (Wildman–Crippen LogP) is 3.33. The van der Waals surface area contributed by atoms with Crippen molar-refractivity contribution >= 4 is 11.6 Å². The van der Waals surface area contributed by atoms with E-state index >= 15 is 0 Å². The lowest BCUT2D eigenvalue weighted by molar-refractivity contribution is -0.116. The van der Waals surface area contributed by atoms with Crippen molar-refractivity contribution in [2.24, 2.45) is 0 Å².